The van der Waals surface area contributed by atoms with Crippen molar-refractivity contribution in [1.29, 1.82) is 0 Å². The molecule has 7 heteroatoms. The first kappa shape index (κ1) is 13.7. The lowest BCUT2D eigenvalue weighted by atomic mass is 10.1. The van der Waals surface area contributed by atoms with Crippen LogP contribution in [-0.4, -0.2) is 21.0 Å². The average Bonchev–Trinajstić information content (AvgIpc) is 2.37. The Bertz CT molecular complexity index is 643. The van der Waals surface area contributed by atoms with Gasteiger partial charge in [0.25, 0.3) is 5.69 Å². The number of pyridine rings is 2. The standard InChI is InChI=1S/C13H14N4O3/c1-8(2)20-10-5-9(6-15-7-10)13-11(17(18)19)3-4-12(14)16-13/h3-8H,1-2H3,(H2,14,16). The molecule has 0 aliphatic carbocycles. The van der Waals surface area contributed by atoms with Crippen molar-refractivity contribution in [1.82, 2.24) is 9.97 Å². The van der Waals surface area contributed by atoms with E-state index < -0.39 is 4.92 Å². The van der Waals surface area contributed by atoms with E-state index in [4.69, 9.17) is 10.5 Å². The summed E-state index contributed by atoms with van der Waals surface area (Å²) in [5.74, 6) is 0.733. The molecule has 2 aromatic heterocycles. The highest BCUT2D eigenvalue weighted by Crippen LogP contribution is 2.30. The van der Waals surface area contributed by atoms with E-state index in [9.17, 15) is 10.1 Å². The van der Waals surface area contributed by atoms with Gasteiger partial charge in [-0.2, -0.15) is 0 Å². The van der Waals surface area contributed by atoms with E-state index in [-0.39, 0.29) is 23.3 Å². The summed E-state index contributed by atoms with van der Waals surface area (Å²) in [7, 11) is 0. The van der Waals surface area contributed by atoms with Gasteiger partial charge in [-0.25, -0.2) is 4.98 Å². The Kier molecular flexibility index (Phi) is 3.79. The van der Waals surface area contributed by atoms with Crippen LogP contribution in [0.25, 0.3) is 11.3 Å². The molecule has 0 aliphatic heterocycles. The van der Waals surface area contributed by atoms with Gasteiger partial charge in [0.15, 0.2) is 5.69 Å². The third-order valence-electron chi connectivity index (χ3n) is 2.45. The van der Waals surface area contributed by atoms with Gasteiger partial charge in [0.2, 0.25) is 0 Å². The third kappa shape index (κ3) is 3.00. The Labute approximate surface area is 115 Å². The maximum absolute atomic E-state index is 11.0. The van der Waals surface area contributed by atoms with E-state index in [1.54, 1.807) is 12.3 Å². The monoisotopic (exact) mass is 274 g/mol. The minimum absolute atomic E-state index is 0.0177. The van der Waals surface area contributed by atoms with Crippen LogP contribution < -0.4 is 10.5 Å². The summed E-state index contributed by atoms with van der Waals surface area (Å²) >= 11 is 0. The molecule has 0 unspecified atom stereocenters. The van der Waals surface area contributed by atoms with Crippen LogP contribution in [0.1, 0.15) is 13.8 Å². The molecule has 0 atom stereocenters. The van der Waals surface area contributed by atoms with E-state index in [2.05, 4.69) is 9.97 Å². The van der Waals surface area contributed by atoms with Gasteiger partial charge in [0, 0.05) is 17.8 Å². The number of hydrogen-bond donors (Lipinski definition) is 1. The van der Waals surface area contributed by atoms with E-state index >= 15 is 0 Å². The lowest BCUT2D eigenvalue weighted by Crippen LogP contribution is -2.06. The number of nitrogens with two attached hydrogens (primary N) is 1. The Morgan fingerprint density at radius 2 is 2.10 bits per heavy atom. The summed E-state index contributed by atoms with van der Waals surface area (Å²) in [6, 6.07) is 4.37. The number of aromatic nitrogens is 2. The number of nitrogen functional groups attached to an aromatic ring is 1. The SMILES string of the molecule is CC(C)Oc1cncc(-c2nc(N)ccc2[N+](=O)[O-])c1. The summed E-state index contributed by atoms with van der Waals surface area (Å²) in [6.45, 7) is 3.77. The zero-order chi connectivity index (χ0) is 14.7. The lowest BCUT2D eigenvalue weighted by Gasteiger charge is -2.10. The van der Waals surface area contributed by atoms with E-state index in [1.807, 2.05) is 13.8 Å². The molecule has 0 aromatic carbocycles. The van der Waals surface area contributed by atoms with Crippen molar-refractivity contribution in [2.24, 2.45) is 0 Å². The molecule has 20 heavy (non-hydrogen) atoms. The molecule has 0 amide bonds. The summed E-state index contributed by atoms with van der Waals surface area (Å²) in [5, 5.41) is 11.0. The number of nitro groups is 1. The summed E-state index contributed by atoms with van der Waals surface area (Å²) < 4.78 is 5.52. The molecule has 0 spiro atoms. The molecule has 0 aliphatic rings. The number of ether oxygens (including phenoxy) is 1. The van der Waals surface area contributed by atoms with Gasteiger partial charge in [-0.05, 0) is 26.0 Å². The third-order valence-corrected chi connectivity index (χ3v) is 2.45. The predicted octanol–water partition coefficient (Wildman–Crippen LogP) is 2.42. The Morgan fingerprint density at radius 1 is 1.35 bits per heavy atom. The van der Waals surface area contributed by atoms with Crippen LogP contribution in [0.3, 0.4) is 0 Å². The highest BCUT2D eigenvalue weighted by atomic mass is 16.6. The molecule has 0 saturated heterocycles. The van der Waals surface area contributed by atoms with Crippen LogP contribution in [0.4, 0.5) is 11.5 Å². The van der Waals surface area contributed by atoms with Crippen LogP contribution in [0.2, 0.25) is 0 Å². The van der Waals surface area contributed by atoms with Crippen LogP contribution in [0, 0.1) is 10.1 Å². The van der Waals surface area contributed by atoms with Crippen molar-refractivity contribution in [3.05, 3.63) is 40.7 Å². The number of nitrogens with zero attached hydrogens (tertiary/aromatic N) is 3. The summed E-state index contributed by atoms with van der Waals surface area (Å²) in [5.41, 5.74) is 6.14. The van der Waals surface area contributed by atoms with Crippen molar-refractivity contribution in [2.75, 3.05) is 5.73 Å². The van der Waals surface area contributed by atoms with Gasteiger partial charge < -0.3 is 10.5 Å². The molecule has 2 N–H and O–H groups in total. The molecule has 2 heterocycles. The molecule has 2 rings (SSSR count). The number of anilines is 1. The van der Waals surface area contributed by atoms with Crippen molar-refractivity contribution in [3.63, 3.8) is 0 Å². The minimum atomic E-state index is -0.502. The van der Waals surface area contributed by atoms with E-state index in [0.29, 0.717) is 11.3 Å². The lowest BCUT2D eigenvalue weighted by molar-refractivity contribution is -0.384. The maximum atomic E-state index is 11.0. The number of rotatable bonds is 4. The quantitative estimate of drug-likeness (QED) is 0.678. The van der Waals surface area contributed by atoms with Gasteiger partial charge >= 0.3 is 0 Å². The highest BCUT2D eigenvalue weighted by molar-refractivity contribution is 5.71. The zero-order valence-electron chi connectivity index (χ0n) is 11.1. The van der Waals surface area contributed by atoms with Crippen molar-refractivity contribution in [3.8, 4) is 17.0 Å². The molecular weight excluding hydrogens is 260 g/mol. The normalized spacial score (nSPS) is 10.6. The number of hydrogen-bond acceptors (Lipinski definition) is 6. The van der Waals surface area contributed by atoms with Crippen LogP contribution in [-0.2, 0) is 0 Å². The average molecular weight is 274 g/mol. The fourth-order valence-corrected chi connectivity index (χ4v) is 1.71. The van der Waals surface area contributed by atoms with Crippen molar-refractivity contribution in [2.45, 2.75) is 20.0 Å². The fourth-order valence-electron chi connectivity index (χ4n) is 1.71. The second-order valence-electron chi connectivity index (χ2n) is 4.44. The Hall–Kier alpha value is -2.70. The molecule has 2 aromatic rings. The van der Waals surface area contributed by atoms with E-state index in [1.165, 1.54) is 18.3 Å². The molecule has 0 radical (unpaired) electrons. The van der Waals surface area contributed by atoms with Crippen molar-refractivity contribution >= 4 is 11.5 Å². The van der Waals surface area contributed by atoms with Crippen LogP contribution in [0.5, 0.6) is 5.75 Å². The molecule has 104 valence electrons. The Balaban J connectivity index is 2.50. The maximum Gasteiger partial charge on any atom is 0.295 e. The van der Waals surface area contributed by atoms with Crippen molar-refractivity contribution < 1.29 is 9.66 Å². The van der Waals surface area contributed by atoms with E-state index in [0.717, 1.165) is 0 Å². The molecule has 0 fully saturated rings. The largest absolute Gasteiger partial charge is 0.489 e. The minimum Gasteiger partial charge on any atom is -0.489 e. The second-order valence-corrected chi connectivity index (χ2v) is 4.44. The fraction of sp³-hybridized carbons (Fsp3) is 0.231. The molecule has 7 nitrogen and oxygen atoms in total. The summed E-state index contributed by atoms with van der Waals surface area (Å²) in [4.78, 5) is 18.6. The molecule has 0 bridgehead atoms. The zero-order valence-corrected chi connectivity index (χ0v) is 11.1. The van der Waals surface area contributed by atoms with Gasteiger partial charge in [-0.3, -0.25) is 15.1 Å². The topological polar surface area (TPSA) is 104 Å². The molecule has 0 saturated carbocycles. The van der Waals surface area contributed by atoms with Crippen LogP contribution >= 0.6 is 0 Å². The van der Waals surface area contributed by atoms with Crippen LogP contribution in [0.15, 0.2) is 30.6 Å². The highest BCUT2D eigenvalue weighted by Gasteiger charge is 2.18. The van der Waals surface area contributed by atoms with Gasteiger partial charge in [-0.15, -0.1) is 0 Å². The van der Waals surface area contributed by atoms with Gasteiger partial charge in [0.1, 0.15) is 11.6 Å². The first-order chi connectivity index (χ1) is 9.47. The predicted molar refractivity (Wildman–Crippen MR) is 74.3 cm³/mol. The van der Waals surface area contributed by atoms with Gasteiger partial charge in [0.05, 0.1) is 17.2 Å². The first-order valence-electron chi connectivity index (χ1n) is 6.00. The second kappa shape index (κ2) is 5.52. The summed E-state index contributed by atoms with van der Waals surface area (Å²) in [6.07, 6.45) is 3.01. The molecular formula is C13H14N4O3. The first-order valence-corrected chi connectivity index (χ1v) is 6.00. The smallest absolute Gasteiger partial charge is 0.295 e. The van der Waals surface area contributed by atoms with Gasteiger partial charge in [-0.1, -0.05) is 0 Å². The Morgan fingerprint density at radius 3 is 2.75 bits per heavy atom.